The van der Waals surface area contributed by atoms with Gasteiger partial charge in [0, 0.05) is 6.54 Å². The van der Waals surface area contributed by atoms with E-state index in [2.05, 4.69) is 12.3 Å². The van der Waals surface area contributed by atoms with Gasteiger partial charge in [-0.3, -0.25) is 10.2 Å². The molecule has 0 aliphatic carbocycles. The van der Waals surface area contributed by atoms with Crippen LogP contribution in [0.25, 0.3) is 0 Å². The van der Waals surface area contributed by atoms with E-state index in [0.29, 0.717) is 0 Å². The molecule has 6 heteroatoms. The number of alkyl halides is 3. The second-order valence-corrected chi connectivity index (χ2v) is 8.86. The average molecular weight is 413 g/mol. The summed E-state index contributed by atoms with van der Waals surface area (Å²) in [5.74, 6) is -0.377. The summed E-state index contributed by atoms with van der Waals surface area (Å²) >= 11 is 0. The van der Waals surface area contributed by atoms with Crippen molar-refractivity contribution in [2.24, 2.45) is 5.41 Å². The van der Waals surface area contributed by atoms with E-state index in [1.165, 1.54) is 38.5 Å². The zero-order valence-corrected chi connectivity index (χ0v) is 17.9. The quantitative estimate of drug-likeness (QED) is 0.430. The first-order valence-electron chi connectivity index (χ1n) is 10.9. The lowest BCUT2D eigenvalue weighted by Crippen LogP contribution is -2.43. The Bertz CT molecular complexity index is 641. The van der Waals surface area contributed by atoms with Gasteiger partial charge in [0.2, 0.25) is 5.91 Å². The van der Waals surface area contributed by atoms with E-state index >= 15 is 0 Å². The number of hydrogen-bond donors (Lipinski definition) is 1. The maximum Gasteiger partial charge on any atom is 0.409 e. The molecule has 0 spiro atoms. The zero-order chi connectivity index (χ0) is 21.5. The number of carbonyl (C=O) groups excluding carboxylic acids is 1. The minimum Gasteiger partial charge on any atom is -0.287 e. The highest BCUT2D eigenvalue weighted by molar-refractivity contribution is 5.83. The van der Waals surface area contributed by atoms with Gasteiger partial charge in [0.15, 0.2) is 0 Å². The first-order chi connectivity index (χ1) is 13.6. The van der Waals surface area contributed by atoms with Gasteiger partial charge in [-0.1, -0.05) is 76.1 Å². The third-order valence-electron chi connectivity index (χ3n) is 5.66. The monoisotopic (exact) mass is 412 g/mol. The molecule has 0 saturated carbocycles. The van der Waals surface area contributed by atoms with Gasteiger partial charge in [0.25, 0.3) is 0 Å². The fourth-order valence-electron chi connectivity index (χ4n) is 3.85. The normalized spacial score (nSPS) is 18.1. The van der Waals surface area contributed by atoms with Crippen molar-refractivity contribution in [1.82, 2.24) is 10.4 Å². The van der Waals surface area contributed by atoms with Crippen LogP contribution in [0.2, 0.25) is 0 Å². The number of hydrogen-bond acceptors (Lipinski definition) is 2. The van der Waals surface area contributed by atoms with E-state index in [4.69, 9.17) is 0 Å². The van der Waals surface area contributed by atoms with Crippen molar-refractivity contribution in [2.45, 2.75) is 90.8 Å². The Hall–Kier alpha value is -1.56. The first kappa shape index (κ1) is 23.7. The number of unbranched alkanes of at least 4 members (excludes halogenated alkanes) is 7. The van der Waals surface area contributed by atoms with Crippen LogP contribution in [0.15, 0.2) is 24.3 Å². The molecule has 1 atom stereocenters. The van der Waals surface area contributed by atoms with Gasteiger partial charge < -0.3 is 0 Å². The number of halogens is 3. The number of amides is 1. The fraction of sp³-hybridized carbons (Fsp3) is 0.696. The zero-order valence-electron chi connectivity index (χ0n) is 17.9. The molecule has 0 radical (unpaired) electrons. The molecule has 1 amide bonds. The van der Waals surface area contributed by atoms with Crippen LogP contribution in [0.1, 0.15) is 89.3 Å². The van der Waals surface area contributed by atoms with E-state index in [1.807, 2.05) is 0 Å². The summed E-state index contributed by atoms with van der Waals surface area (Å²) in [4.78, 5) is 11.9. The number of nitrogens with one attached hydrogen (secondary N) is 1. The summed E-state index contributed by atoms with van der Waals surface area (Å²) in [6, 6.07) is 4.85. The predicted molar refractivity (Wildman–Crippen MR) is 110 cm³/mol. The molecule has 1 aromatic carbocycles. The van der Waals surface area contributed by atoms with Crippen molar-refractivity contribution in [1.29, 1.82) is 0 Å². The van der Waals surface area contributed by atoms with Gasteiger partial charge in [-0.25, -0.2) is 5.01 Å². The number of aryl methyl sites for hydroxylation is 1. The van der Waals surface area contributed by atoms with Crippen LogP contribution >= 0.6 is 0 Å². The summed E-state index contributed by atoms with van der Waals surface area (Å²) < 4.78 is 41.2. The lowest BCUT2D eigenvalue weighted by atomic mass is 9.93. The topological polar surface area (TPSA) is 32.3 Å². The molecule has 1 fully saturated rings. The van der Waals surface area contributed by atoms with Crippen LogP contribution in [-0.4, -0.2) is 23.6 Å². The Morgan fingerprint density at radius 1 is 1.00 bits per heavy atom. The molecule has 2 rings (SSSR count). The summed E-state index contributed by atoms with van der Waals surface area (Å²) in [7, 11) is 0. The third kappa shape index (κ3) is 7.02. The average Bonchev–Trinajstić information content (AvgIpc) is 2.89. The second kappa shape index (κ2) is 10.5. The maximum atomic E-state index is 13.7. The lowest BCUT2D eigenvalue weighted by molar-refractivity contribution is -0.191. The van der Waals surface area contributed by atoms with Gasteiger partial charge in [0.05, 0.1) is 5.41 Å². The molecular weight excluding hydrogens is 377 g/mol. The Kier molecular flexibility index (Phi) is 8.56. The smallest absolute Gasteiger partial charge is 0.287 e. The van der Waals surface area contributed by atoms with Crippen LogP contribution < -0.4 is 5.43 Å². The van der Waals surface area contributed by atoms with Crippen LogP contribution in [0.4, 0.5) is 13.2 Å². The summed E-state index contributed by atoms with van der Waals surface area (Å²) in [5.41, 5.74) is 2.80. The molecule has 1 N–H and O–H groups in total. The SMILES string of the molecule is CCCCCCCCCCc1ccc([C@H](N2CC(C)(C)C(=O)N2)C(F)(F)F)cc1. The second-order valence-electron chi connectivity index (χ2n) is 8.86. The number of hydrazine groups is 1. The Morgan fingerprint density at radius 2 is 1.55 bits per heavy atom. The van der Waals surface area contributed by atoms with E-state index in [-0.39, 0.29) is 18.0 Å². The maximum absolute atomic E-state index is 13.7. The summed E-state index contributed by atoms with van der Waals surface area (Å²) in [5, 5.41) is 1.02. The highest BCUT2D eigenvalue weighted by Crippen LogP contribution is 2.40. The predicted octanol–water partition coefficient (Wildman–Crippen LogP) is 6.35. The molecule has 164 valence electrons. The number of rotatable bonds is 11. The van der Waals surface area contributed by atoms with Gasteiger partial charge in [0.1, 0.15) is 6.04 Å². The molecular formula is C23H35F3N2O. The minimum atomic E-state index is -4.47. The Balaban J connectivity index is 1.89. The van der Waals surface area contributed by atoms with Gasteiger partial charge in [-0.15, -0.1) is 0 Å². The molecule has 0 unspecified atom stereocenters. The van der Waals surface area contributed by atoms with Crippen molar-refractivity contribution >= 4 is 5.91 Å². The molecule has 1 aliphatic heterocycles. The molecule has 3 nitrogen and oxygen atoms in total. The van der Waals surface area contributed by atoms with Crippen LogP contribution in [0.5, 0.6) is 0 Å². The highest BCUT2D eigenvalue weighted by atomic mass is 19.4. The molecule has 0 aromatic heterocycles. The molecule has 1 aliphatic rings. The molecule has 1 heterocycles. The largest absolute Gasteiger partial charge is 0.409 e. The highest BCUT2D eigenvalue weighted by Gasteiger charge is 2.51. The van der Waals surface area contributed by atoms with Crippen LogP contribution in [-0.2, 0) is 11.2 Å². The summed E-state index contributed by atoms with van der Waals surface area (Å²) in [6.45, 7) is 5.55. The minimum absolute atomic E-state index is 0.0238. The van der Waals surface area contributed by atoms with Crippen molar-refractivity contribution in [3.05, 3.63) is 35.4 Å². The third-order valence-corrected chi connectivity index (χ3v) is 5.66. The first-order valence-corrected chi connectivity index (χ1v) is 10.9. The van der Waals surface area contributed by atoms with E-state index in [0.717, 1.165) is 29.8 Å². The fourth-order valence-corrected chi connectivity index (χ4v) is 3.85. The Labute approximate surface area is 173 Å². The van der Waals surface area contributed by atoms with E-state index < -0.39 is 17.6 Å². The van der Waals surface area contributed by atoms with E-state index in [1.54, 1.807) is 38.1 Å². The number of nitrogens with zero attached hydrogens (tertiary/aromatic N) is 1. The van der Waals surface area contributed by atoms with Crippen molar-refractivity contribution in [3.8, 4) is 0 Å². The van der Waals surface area contributed by atoms with Crippen molar-refractivity contribution in [2.75, 3.05) is 6.54 Å². The van der Waals surface area contributed by atoms with Gasteiger partial charge >= 0.3 is 6.18 Å². The van der Waals surface area contributed by atoms with Crippen LogP contribution in [0.3, 0.4) is 0 Å². The van der Waals surface area contributed by atoms with Crippen molar-refractivity contribution < 1.29 is 18.0 Å². The van der Waals surface area contributed by atoms with E-state index in [9.17, 15) is 18.0 Å². The molecule has 1 saturated heterocycles. The van der Waals surface area contributed by atoms with Gasteiger partial charge in [-0.2, -0.15) is 13.2 Å². The molecule has 0 bridgehead atoms. The number of benzene rings is 1. The van der Waals surface area contributed by atoms with Gasteiger partial charge in [-0.05, 0) is 37.8 Å². The van der Waals surface area contributed by atoms with Crippen LogP contribution in [0, 0.1) is 5.41 Å². The summed E-state index contributed by atoms with van der Waals surface area (Å²) in [6.07, 6.45) is 6.31. The lowest BCUT2D eigenvalue weighted by Gasteiger charge is -2.30. The standard InChI is InChI=1S/C23H35F3N2O/c1-4-5-6-7-8-9-10-11-12-18-13-15-19(16-14-18)20(23(24,25)26)28-17-22(2,3)21(29)27-28/h13-16,20H,4-12,17H2,1-3H3,(H,27,29)/t20-/m0/s1. The molecule has 1 aromatic rings. The van der Waals surface area contributed by atoms with Crippen molar-refractivity contribution in [3.63, 3.8) is 0 Å². The Morgan fingerprint density at radius 3 is 2.03 bits per heavy atom. The molecule has 29 heavy (non-hydrogen) atoms. The number of carbonyl (C=O) groups is 1.